The van der Waals surface area contributed by atoms with E-state index in [1.165, 1.54) is 26.2 Å². The average molecular weight is 414 g/mol. The molecule has 8 heteroatoms. The number of methoxy groups -OCH3 is 1. The summed E-state index contributed by atoms with van der Waals surface area (Å²) >= 11 is 0. The zero-order valence-electron chi connectivity index (χ0n) is 16.8. The second-order valence-electron chi connectivity index (χ2n) is 6.96. The molecular weight excluding hydrogens is 391 g/mol. The van der Waals surface area contributed by atoms with Crippen molar-refractivity contribution in [3.8, 4) is 11.5 Å². The number of benzene rings is 2. The SMILES string of the molecule is COc1cc(C(C)=O)ccc1OCCCC(=O)Nc1cc2c(cc1F)CCC(=O)N2. The van der Waals surface area contributed by atoms with Gasteiger partial charge < -0.3 is 20.1 Å². The van der Waals surface area contributed by atoms with Crippen molar-refractivity contribution in [3.05, 3.63) is 47.3 Å². The van der Waals surface area contributed by atoms with Crippen LogP contribution in [0, 0.1) is 5.82 Å². The highest BCUT2D eigenvalue weighted by Crippen LogP contribution is 2.30. The highest BCUT2D eigenvalue weighted by Gasteiger charge is 2.18. The lowest BCUT2D eigenvalue weighted by Gasteiger charge is -2.18. The molecule has 30 heavy (non-hydrogen) atoms. The fourth-order valence-corrected chi connectivity index (χ4v) is 3.13. The second-order valence-corrected chi connectivity index (χ2v) is 6.96. The fourth-order valence-electron chi connectivity index (χ4n) is 3.13. The van der Waals surface area contributed by atoms with E-state index in [9.17, 15) is 18.8 Å². The Morgan fingerprint density at radius 1 is 1.17 bits per heavy atom. The van der Waals surface area contributed by atoms with Gasteiger partial charge in [-0.25, -0.2) is 4.39 Å². The molecular formula is C22H23FN2O5. The van der Waals surface area contributed by atoms with Gasteiger partial charge in [0.05, 0.1) is 19.4 Å². The molecule has 0 fully saturated rings. The molecule has 0 atom stereocenters. The predicted octanol–water partition coefficient (Wildman–Crippen LogP) is 3.72. The number of Topliss-reactive ketones (excluding diaryl/α,β-unsaturated/α-hetero) is 1. The average Bonchev–Trinajstić information content (AvgIpc) is 2.72. The van der Waals surface area contributed by atoms with Gasteiger partial charge >= 0.3 is 0 Å². The summed E-state index contributed by atoms with van der Waals surface area (Å²) in [5.41, 5.74) is 1.78. The second kappa shape index (κ2) is 9.39. The van der Waals surface area contributed by atoms with E-state index in [1.807, 2.05) is 0 Å². The Bertz CT molecular complexity index is 990. The number of rotatable bonds is 8. The van der Waals surface area contributed by atoms with Gasteiger partial charge in [0.15, 0.2) is 17.3 Å². The Balaban J connectivity index is 1.52. The summed E-state index contributed by atoms with van der Waals surface area (Å²) < 4.78 is 25.1. The first-order valence-electron chi connectivity index (χ1n) is 9.61. The van der Waals surface area contributed by atoms with E-state index in [0.29, 0.717) is 47.6 Å². The number of hydrogen-bond acceptors (Lipinski definition) is 5. The van der Waals surface area contributed by atoms with Crippen LogP contribution < -0.4 is 20.1 Å². The van der Waals surface area contributed by atoms with E-state index in [1.54, 1.807) is 18.2 Å². The standard InChI is InChI=1S/C22H23FN2O5/c1-13(26)14-5-7-19(20(11-14)29-2)30-9-3-4-21(27)25-18-12-17-15(10-16(18)23)6-8-22(28)24-17/h5,7,10-12H,3-4,6,8-9H2,1-2H3,(H,24,28)(H,25,27). The summed E-state index contributed by atoms with van der Waals surface area (Å²) in [6.07, 6.45) is 1.31. The van der Waals surface area contributed by atoms with Crippen molar-refractivity contribution in [2.24, 2.45) is 0 Å². The number of fused-ring (bicyclic) bond motifs is 1. The largest absolute Gasteiger partial charge is 0.493 e. The highest BCUT2D eigenvalue weighted by molar-refractivity contribution is 5.96. The van der Waals surface area contributed by atoms with Gasteiger partial charge in [0.2, 0.25) is 11.8 Å². The molecule has 0 aliphatic carbocycles. The van der Waals surface area contributed by atoms with Crippen LogP contribution >= 0.6 is 0 Å². The van der Waals surface area contributed by atoms with Crippen molar-refractivity contribution >= 4 is 29.0 Å². The van der Waals surface area contributed by atoms with Gasteiger partial charge in [0, 0.05) is 24.1 Å². The van der Waals surface area contributed by atoms with Gasteiger partial charge in [-0.1, -0.05) is 0 Å². The van der Waals surface area contributed by atoms with Crippen molar-refractivity contribution in [3.63, 3.8) is 0 Å². The number of hydrogen-bond donors (Lipinski definition) is 2. The number of nitrogens with one attached hydrogen (secondary N) is 2. The summed E-state index contributed by atoms with van der Waals surface area (Å²) in [6.45, 7) is 1.71. The molecule has 2 aromatic rings. The molecule has 0 spiro atoms. The first kappa shape index (κ1) is 21.3. The summed E-state index contributed by atoms with van der Waals surface area (Å²) in [5, 5.41) is 5.22. The van der Waals surface area contributed by atoms with Crippen molar-refractivity contribution in [1.82, 2.24) is 0 Å². The van der Waals surface area contributed by atoms with Crippen LogP contribution in [-0.4, -0.2) is 31.3 Å². The smallest absolute Gasteiger partial charge is 0.224 e. The monoisotopic (exact) mass is 414 g/mol. The number of ether oxygens (including phenoxy) is 2. The number of ketones is 1. The lowest BCUT2D eigenvalue weighted by Crippen LogP contribution is -2.20. The first-order valence-corrected chi connectivity index (χ1v) is 9.61. The molecule has 0 bridgehead atoms. The van der Waals surface area contributed by atoms with E-state index in [2.05, 4.69) is 10.6 Å². The van der Waals surface area contributed by atoms with Crippen LogP contribution in [0.4, 0.5) is 15.8 Å². The van der Waals surface area contributed by atoms with E-state index >= 15 is 0 Å². The van der Waals surface area contributed by atoms with Crippen LogP contribution in [0.3, 0.4) is 0 Å². The van der Waals surface area contributed by atoms with Crippen molar-refractivity contribution < 1.29 is 28.2 Å². The van der Waals surface area contributed by atoms with Crippen molar-refractivity contribution in [2.45, 2.75) is 32.6 Å². The van der Waals surface area contributed by atoms with Crippen molar-refractivity contribution in [1.29, 1.82) is 0 Å². The molecule has 2 aromatic carbocycles. The van der Waals surface area contributed by atoms with Gasteiger partial charge in [0.25, 0.3) is 0 Å². The van der Waals surface area contributed by atoms with Crippen LogP contribution in [0.1, 0.15) is 42.1 Å². The first-order chi connectivity index (χ1) is 14.4. The fraction of sp³-hybridized carbons (Fsp3) is 0.318. The third-order valence-electron chi connectivity index (χ3n) is 4.74. The Morgan fingerprint density at radius 2 is 1.97 bits per heavy atom. The maximum atomic E-state index is 14.2. The molecule has 1 heterocycles. The van der Waals surface area contributed by atoms with Crippen LogP contribution in [0.15, 0.2) is 30.3 Å². The predicted molar refractivity (Wildman–Crippen MR) is 110 cm³/mol. The number of amides is 2. The number of aryl methyl sites for hydroxylation is 1. The molecule has 0 saturated heterocycles. The van der Waals surface area contributed by atoms with Crippen LogP contribution in [0.2, 0.25) is 0 Å². The van der Waals surface area contributed by atoms with Crippen LogP contribution in [-0.2, 0) is 16.0 Å². The van der Waals surface area contributed by atoms with Gasteiger partial charge in [0.1, 0.15) is 5.82 Å². The Hall–Kier alpha value is -3.42. The lowest BCUT2D eigenvalue weighted by atomic mass is 10.0. The quantitative estimate of drug-likeness (QED) is 0.507. The molecule has 0 saturated carbocycles. The Kier molecular flexibility index (Phi) is 6.66. The Morgan fingerprint density at radius 3 is 2.70 bits per heavy atom. The third-order valence-corrected chi connectivity index (χ3v) is 4.74. The maximum Gasteiger partial charge on any atom is 0.224 e. The van der Waals surface area contributed by atoms with Crippen molar-refractivity contribution in [2.75, 3.05) is 24.4 Å². The molecule has 2 N–H and O–H groups in total. The van der Waals surface area contributed by atoms with Gasteiger partial charge in [-0.2, -0.15) is 0 Å². The number of anilines is 2. The summed E-state index contributed by atoms with van der Waals surface area (Å²) in [6, 6.07) is 7.67. The number of carbonyl (C=O) groups is 3. The van der Waals surface area contributed by atoms with E-state index in [-0.39, 0.29) is 36.3 Å². The summed E-state index contributed by atoms with van der Waals surface area (Å²) in [4.78, 5) is 35.1. The minimum atomic E-state index is -0.537. The zero-order valence-corrected chi connectivity index (χ0v) is 16.8. The van der Waals surface area contributed by atoms with E-state index in [4.69, 9.17) is 9.47 Å². The van der Waals surface area contributed by atoms with Gasteiger partial charge in [-0.15, -0.1) is 0 Å². The summed E-state index contributed by atoms with van der Waals surface area (Å²) in [7, 11) is 1.48. The molecule has 1 aliphatic rings. The van der Waals surface area contributed by atoms with Gasteiger partial charge in [-0.05, 0) is 55.7 Å². The highest BCUT2D eigenvalue weighted by atomic mass is 19.1. The third kappa shape index (κ3) is 5.14. The normalized spacial score (nSPS) is 12.6. The molecule has 0 unspecified atom stereocenters. The topological polar surface area (TPSA) is 93.7 Å². The zero-order chi connectivity index (χ0) is 21.7. The van der Waals surface area contributed by atoms with Crippen LogP contribution in [0.25, 0.3) is 0 Å². The lowest BCUT2D eigenvalue weighted by molar-refractivity contribution is -0.117. The number of carbonyl (C=O) groups excluding carboxylic acids is 3. The molecule has 7 nitrogen and oxygen atoms in total. The molecule has 1 aliphatic heterocycles. The molecule has 2 amide bonds. The van der Waals surface area contributed by atoms with Gasteiger partial charge in [-0.3, -0.25) is 14.4 Å². The van der Waals surface area contributed by atoms with E-state index in [0.717, 1.165) is 0 Å². The van der Waals surface area contributed by atoms with E-state index < -0.39 is 5.82 Å². The molecule has 3 rings (SSSR count). The summed E-state index contributed by atoms with van der Waals surface area (Å²) in [5.74, 6) is -0.200. The molecule has 158 valence electrons. The molecule has 0 radical (unpaired) electrons. The minimum Gasteiger partial charge on any atom is -0.493 e. The Labute approximate surface area is 173 Å². The number of halogens is 1. The van der Waals surface area contributed by atoms with Crippen LogP contribution in [0.5, 0.6) is 11.5 Å². The molecule has 0 aromatic heterocycles. The maximum absolute atomic E-state index is 14.2. The minimum absolute atomic E-state index is 0.0309.